The minimum atomic E-state index is -0.934. The molecule has 0 aromatic heterocycles. The van der Waals surface area contributed by atoms with E-state index in [1.165, 1.54) is 11.3 Å². The highest BCUT2D eigenvalue weighted by Crippen LogP contribution is 2.35. The lowest BCUT2D eigenvalue weighted by atomic mass is 9.79. The summed E-state index contributed by atoms with van der Waals surface area (Å²) in [6.07, 6.45) is 3.56. The Kier molecular flexibility index (Phi) is 2.78. The van der Waals surface area contributed by atoms with Gasteiger partial charge in [0.05, 0.1) is 6.04 Å². The van der Waals surface area contributed by atoms with Crippen molar-refractivity contribution in [1.29, 1.82) is 0 Å². The highest BCUT2D eigenvalue weighted by atomic mass is 16.4. The normalized spacial score (nSPS) is 28.1. The molecule has 1 heterocycles. The number of nitrogens with zero attached hydrogens (tertiary/aromatic N) is 2. The van der Waals surface area contributed by atoms with Crippen LogP contribution in [0.15, 0.2) is 0 Å². The molecule has 1 aliphatic carbocycles. The van der Waals surface area contributed by atoms with Crippen LogP contribution in [0, 0.1) is 5.92 Å². The van der Waals surface area contributed by atoms with E-state index in [4.69, 9.17) is 5.11 Å². The van der Waals surface area contributed by atoms with Crippen LogP contribution in [0.1, 0.15) is 26.2 Å². The monoisotopic (exact) mass is 226 g/mol. The zero-order chi connectivity index (χ0) is 11.9. The molecule has 1 saturated heterocycles. The average Bonchev–Trinajstić information content (AvgIpc) is 2.43. The lowest BCUT2D eigenvalue weighted by Crippen LogP contribution is -2.41. The van der Waals surface area contributed by atoms with Crippen molar-refractivity contribution in [3.8, 4) is 0 Å². The third-order valence-electron chi connectivity index (χ3n) is 3.95. The van der Waals surface area contributed by atoms with Crippen LogP contribution in [0.3, 0.4) is 0 Å². The van der Waals surface area contributed by atoms with Crippen molar-refractivity contribution < 1.29 is 14.7 Å². The highest BCUT2D eigenvalue weighted by Gasteiger charge is 2.43. The number of amides is 2. The number of carbonyl (C=O) groups is 2. The number of carboxylic acid groups (broad SMARTS) is 1. The number of hydrogen-bond donors (Lipinski definition) is 1. The summed E-state index contributed by atoms with van der Waals surface area (Å²) in [6, 6.07) is -0.658. The van der Waals surface area contributed by atoms with Crippen molar-refractivity contribution in [2.45, 2.75) is 38.3 Å². The molecule has 5 heteroatoms. The summed E-state index contributed by atoms with van der Waals surface area (Å²) >= 11 is 0. The summed E-state index contributed by atoms with van der Waals surface area (Å²) in [4.78, 5) is 26.0. The van der Waals surface area contributed by atoms with Gasteiger partial charge in [-0.25, -0.2) is 9.59 Å². The second-order valence-electron chi connectivity index (χ2n) is 4.82. The molecule has 2 aliphatic rings. The highest BCUT2D eigenvalue weighted by molar-refractivity contribution is 5.84. The summed E-state index contributed by atoms with van der Waals surface area (Å²) in [5.74, 6) is -0.365. The van der Waals surface area contributed by atoms with Gasteiger partial charge in [-0.1, -0.05) is 6.42 Å². The molecule has 0 bridgehead atoms. The summed E-state index contributed by atoms with van der Waals surface area (Å²) in [6.45, 7) is 2.13. The quantitative estimate of drug-likeness (QED) is 0.780. The molecule has 0 aromatic carbocycles. The molecular formula is C11H18N2O3. The standard InChI is InChI=1S/C11H18N2O3/c1-7(10(14)15)13-6-9(8-4-3-5-8)12(2)11(13)16/h7-9H,3-6H2,1-2H3,(H,14,15). The molecule has 5 nitrogen and oxygen atoms in total. The van der Waals surface area contributed by atoms with E-state index in [9.17, 15) is 9.59 Å². The van der Waals surface area contributed by atoms with Gasteiger partial charge in [0, 0.05) is 13.6 Å². The molecule has 0 spiro atoms. The summed E-state index contributed by atoms with van der Waals surface area (Å²) in [5.41, 5.74) is 0. The second kappa shape index (κ2) is 3.96. The van der Waals surface area contributed by atoms with Gasteiger partial charge < -0.3 is 14.9 Å². The van der Waals surface area contributed by atoms with Crippen LogP contribution in [0.4, 0.5) is 4.79 Å². The predicted octanol–water partition coefficient (Wildman–Crippen LogP) is 0.996. The molecule has 1 N–H and O–H groups in total. The number of likely N-dealkylation sites (N-methyl/N-ethyl adjacent to an activating group) is 1. The Balaban J connectivity index is 2.07. The maximum Gasteiger partial charge on any atom is 0.326 e. The number of rotatable bonds is 3. The zero-order valence-electron chi connectivity index (χ0n) is 9.72. The molecule has 2 rings (SSSR count). The van der Waals surface area contributed by atoms with Crippen molar-refractivity contribution >= 4 is 12.0 Å². The Morgan fingerprint density at radius 2 is 2.12 bits per heavy atom. The summed E-state index contributed by atoms with van der Waals surface area (Å²) in [5, 5.41) is 8.93. The first-order valence-electron chi connectivity index (χ1n) is 5.78. The molecular weight excluding hydrogens is 208 g/mol. The topological polar surface area (TPSA) is 60.9 Å². The van der Waals surface area contributed by atoms with E-state index in [1.807, 2.05) is 0 Å². The van der Waals surface area contributed by atoms with E-state index in [2.05, 4.69) is 0 Å². The van der Waals surface area contributed by atoms with Crippen molar-refractivity contribution in [2.75, 3.05) is 13.6 Å². The maximum atomic E-state index is 11.9. The van der Waals surface area contributed by atoms with Crippen LogP contribution in [0.5, 0.6) is 0 Å². The first-order chi connectivity index (χ1) is 7.52. The fraction of sp³-hybridized carbons (Fsp3) is 0.818. The van der Waals surface area contributed by atoms with E-state index in [0.29, 0.717) is 12.5 Å². The van der Waals surface area contributed by atoms with Crippen LogP contribution in [0.2, 0.25) is 0 Å². The second-order valence-corrected chi connectivity index (χ2v) is 4.82. The third-order valence-corrected chi connectivity index (χ3v) is 3.95. The van der Waals surface area contributed by atoms with E-state index < -0.39 is 12.0 Å². The van der Waals surface area contributed by atoms with E-state index in [-0.39, 0.29) is 12.1 Å². The van der Waals surface area contributed by atoms with Gasteiger partial charge in [-0.05, 0) is 25.7 Å². The minimum Gasteiger partial charge on any atom is -0.480 e. The fourth-order valence-electron chi connectivity index (χ4n) is 2.49. The van der Waals surface area contributed by atoms with Gasteiger partial charge >= 0.3 is 12.0 Å². The van der Waals surface area contributed by atoms with Gasteiger partial charge in [-0.2, -0.15) is 0 Å². The Labute approximate surface area is 95.0 Å². The molecule has 2 atom stereocenters. The van der Waals surface area contributed by atoms with Crippen LogP contribution in [-0.2, 0) is 4.79 Å². The molecule has 2 fully saturated rings. The van der Waals surface area contributed by atoms with E-state index in [1.54, 1.807) is 18.9 Å². The first kappa shape index (κ1) is 11.2. The first-order valence-corrected chi connectivity index (χ1v) is 5.78. The smallest absolute Gasteiger partial charge is 0.326 e. The van der Waals surface area contributed by atoms with E-state index >= 15 is 0 Å². The number of urea groups is 1. The Bertz CT molecular complexity index is 314. The van der Waals surface area contributed by atoms with Gasteiger partial charge in [0.25, 0.3) is 0 Å². The SMILES string of the molecule is CC(C(=O)O)N1CC(C2CCC2)N(C)C1=O. The number of carboxylic acids is 1. The summed E-state index contributed by atoms with van der Waals surface area (Å²) < 4.78 is 0. The molecule has 2 amide bonds. The van der Waals surface area contributed by atoms with Crippen LogP contribution in [-0.4, -0.2) is 52.6 Å². The third kappa shape index (κ3) is 1.64. The predicted molar refractivity (Wildman–Crippen MR) is 58.1 cm³/mol. The number of hydrogen-bond acceptors (Lipinski definition) is 2. The minimum absolute atomic E-state index is 0.146. The molecule has 16 heavy (non-hydrogen) atoms. The Hall–Kier alpha value is -1.26. The van der Waals surface area contributed by atoms with Crippen molar-refractivity contribution in [3.63, 3.8) is 0 Å². The lowest BCUT2D eigenvalue weighted by molar-refractivity contribution is -0.141. The van der Waals surface area contributed by atoms with E-state index in [0.717, 1.165) is 12.8 Å². The fourth-order valence-corrected chi connectivity index (χ4v) is 2.49. The maximum absolute atomic E-state index is 11.9. The van der Waals surface area contributed by atoms with Gasteiger partial charge in [0.2, 0.25) is 0 Å². The number of carbonyl (C=O) groups excluding carboxylic acids is 1. The van der Waals surface area contributed by atoms with Crippen LogP contribution < -0.4 is 0 Å². The van der Waals surface area contributed by atoms with Crippen molar-refractivity contribution in [2.24, 2.45) is 5.92 Å². The summed E-state index contributed by atoms with van der Waals surface area (Å²) in [7, 11) is 1.78. The molecule has 1 saturated carbocycles. The molecule has 0 aromatic rings. The largest absolute Gasteiger partial charge is 0.480 e. The Morgan fingerprint density at radius 3 is 2.56 bits per heavy atom. The average molecular weight is 226 g/mol. The van der Waals surface area contributed by atoms with Gasteiger partial charge in [-0.3, -0.25) is 0 Å². The molecule has 90 valence electrons. The Morgan fingerprint density at radius 1 is 1.50 bits per heavy atom. The number of aliphatic carboxylic acids is 1. The molecule has 0 radical (unpaired) electrons. The lowest BCUT2D eigenvalue weighted by Gasteiger charge is -2.34. The van der Waals surface area contributed by atoms with Gasteiger partial charge in [-0.15, -0.1) is 0 Å². The van der Waals surface area contributed by atoms with Crippen LogP contribution >= 0.6 is 0 Å². The molecule has 1 aliphatic heterocycles. The van der Waals surface area contributed by atoms with Crippen LogP contribution in [0.25, 0.3) is 0 Å². The van der Waals surface area contributed by atoms with Crippen molar-refractivity contribution in [1.82, 2.24) is 9.80 Å². The van der Waals surface area contributed by atoms with Crippen molar-refractivity contribution in [3.05, 3.63) is 0 Å². The van der Waals surface area contributed by atoms with Gasteiger partial charge in [0.15, 0.2) is 0 Å². The van der Waals surface area contributed by atoms with Gasteiger partial charge in [0.1, 0.15) is 6.04 Å². The molecule has 2 unspecified atom stereocenters. The zero-order valence-corrected chi connectivity index (χ0v) is 9.72.